The summed E-state index contributed by atoms with van der Waals surface area (Å²) in [7, 11) is 0. The summed E-state index contributed by atoms with van der Waals surface area (Å²) in [6.45, 7) is 5.04. The molecule has 0 aromatic heterocycles. The molecule has 92 valence electrons. The van der Waals surface area contributed by atoms with Crippen LogP contribution in [0.5, 0.6) is 0 Å². The highest BCUT2D eigenvalue weighted by molar-refractivity contribution is 5.23. The van der Waals surface area contributed by atoms with Crippen molar-refractivity contribution < 1.29 is 15.3 Å². The van der Waals surface area contributed by atoms with E-state index in [1.165, 1.54) is 6.92 Å². The SMILES string of the molecule is C=NN1C2CCC1CC(O)(C(O)C(C)O)C2. The van der Waals surface area contributed by atoms with Crippen LogP contribution in [0.15, 0.2) is 5.10 Å². The van der Waals surface area contributed by atoms with Crippen LogP contribution in [0.3, 0.4) is 0 Å². The van der Waals surface area contributed by atoms with Crippen LogP contribution in [0.4, 0.5) is 0 Å². The molecule has 2 aliphatic rings. The van der Waals surface area contributed by atoms with E-state index in [0.29, 0.717) is 12.8 Å². The van der Waals surface area contributed by atoms with Crippen molar-refractivity contribution >= 4 is 6.72 Å². The number of hydrogen-bond donors (Lipinski definition) is 3. The molecule has 0 aromatic carbocycles. The van der Waals surface area contributed by atoms with Crippen LogP contribution >= 0.6 is 0 Å². The van der Waals surface area contributed by atoms with Gasteiger partial charge < -0.3 is 15.3 Å². The third-order valence-corrected chi connectivity index (χ3v) is 3.93. The highest BCUT2D eigenvalue weighted by Gasteiger charge is 2.51. The molecule has 16 heavy (non-hydrogen) atoms. The highest BCUT2D eigenvalue weighted by atomic mass is 16.4. The van der Waals surface area contributed by atoms with Gasteiger partial charge in [-0.25, -0.2) is 0 Å². The molecular weight excluding hydrogens is 208 g/mol. The third-order valence-electron chi connectivity index (χ3n) is 3.93. The molecule has 2 aliphatic heterocycles. The van der Waals surface area contributed by atoms with Crippen molar-refractivity contribution in [3.8, 4) is 0 Å². The third kappa shape index (κ3) is 1.73. The van der Waals surface area contributed by atoms with Gasteiger partial charge in [-0.15, -0.1) is 0 Å². The van der Waals surface area contributed by atoms with Crippen molar-refractivity contribution in [3.05, 3.63) is 0 Å². The summed E-state index contributed by atoms with van der Waals surface area (Å²) >= 11 is 0. The van der Waals surface area contributed by atoms with E-state index in [4.69, 9.17) is 0 Å². The van der Waals surface area contributed by atoms with Gasteiger partial charge >= 0.3 is 0 Å². The number of hydrazone groups is 1. The van der Waals surface area contributed by atoms with E-state index < -0.39 is 17.8 Å². The summed E-state index contributed by atoms with van der Waals surface area (Å²) in [5.41, 5.74) is -1.18. The summed E-state index contributed by atoms with van der Waals surface area (Å²) < 4.78 is 0. The van der Waals surface area contributed by atoms with Crippen molar-refractivity contribution in [1.82, 2.24) is 5.01 Å². The number of rotatable bonds is 3. The summed E-state index contributed by atoms with van der Waals surface area (Å²) in [6.07, 6.45) is 0.857. The predicted octanol–water partition coefficient (Wildman–Crippen LogP) is -0.298. The van der Waals surface area contributed by atoms with Crippen molar-refractivity contribution in [3.63, 3.8) is 0 Å². The lowest BCUT2D eigenvalue weighted by atomic mass is 9.80. The van der Waals surface area contributed by atoms with E-state index in [1.54, 1.807) is 0 Å². The molecule has 2 heterocycles. The smallest absolute Gasteiger partial charge is 0.108 e. The summed E-state index contributed by atoms with van der Waals surface area (Å²) in [6, 6.07) is 0.296. The summed E-state index contributed by atoms with van der Waals surface area (Å²) in [4.78, 5) is 0. The monoisotopic (exact) mass is 228 g/mol. The zero-order valence-electron chi connectivity index (χ0n) is 9.58. The molecule has 0 radical (unpaired) electrons. The second-order valence-electron chi connectivity index (χ2n) is 5.10. The largest absolute Gasteiger partial charge is 0.391 e. The minimum atomic E-state index is -1.18. The minimum absolute atomic E-state index is 0.148. The van der Waals surface area contributed by atoms with Crippen LogP contribution in [0.1, 0.15) is 32.6 Å². The molecule has 0 saturated carbocycles. The Morgan fingerprint density at radius 1 is 1.31 bits per heavy atom. The van der Waals surface area contributed by atoms with E-state index in [9.17, 15) is 15.3 Å². The fourth-order valence-electron chi connectivity index (χ4n) is 3.16. The standard InChI is InChI=1S/C11H20N2O3/c1-7(14)10(15)11(16)5-8-3-4-9(6-11)13(8)12-2/h7-10,14-16H,2-6H2,1H3. The van der Waals surface area contributed by atoms with Gasteiger partial charge in [0.25, 0.3) is 0 Å². The zero-order chi connectivity index (χ0) is 11.9. The molecule has 0 aliphatic carbocycles. The Morgan fingerprint density at radius 3 is 2.19 bits per heavy atom. The zero-order valence-corrected chi connectivity index (χ0v) is 9.58. The summed E-state index contributed by atoms with van der Waals surface area (Å²) in [5, 5.41) is 35.6. The van der Waals surface area contributed by atoms with Crippen LogP contribution in [-0.2, 0) is 0 Å². The van der Waals surface area contributed by atoms with E-state index >= 15 is 0 Å². The first-order valence-electron chi connectivity index (χ1n) is 5.81. The van der Waals surface area contributed by atoms with Crippen LogP contribution in [0.2, 0.25) is 0 Å². The number of aliphatic hydroxyl groups is 3. The molecule has 2 saturated heterocycles. The lowest BCUT2D eigenvalue weighted by molar-refractivity contribution is -0.157. The second-order valence-corrected chi connectivity index (χ2v) is 5.10. The number of fused-ring (bicyclic) bond motifs is 2. The van der Waals surface area contributed by atoms with E-state index in [-0.39, 0.29) is 12.1 Å². The van der Waals surface area contributed by atoms with Gasteiger partial charge in [-0.3, -0.25) is 5.01 Å². The number of nitrogens with zero attached hydrogens (tertiary/aromatic N) is 2. The Bertz CT molecular complexity index is 268. The van der Waals surface area contributed by atoms with E-state index in [1.807, 2.05) is 5.01 Å². The first kappa shape index (κ1) is 11.8. The van der Waals surface area contributed by atoms with Crippen molar-refractivity contribution in [2.75, 3.05) is 0 Å². The fourth-order valence-corrected chi connectivity index (χ4v) is 3.16. The first-order valence-corrected chi connectivity index (χ1v) is 5.81. The molecule has 2 rings (SSSR count). The molecule has 0 amide bonds. The molecule has 2 bridgehead atoms. The molecule has 4 unspecified atom stereocenters. The molecule has 4 atom stereocenters. The van der Waals surface area contributed by atoms with Crippen molar-refractivity contribution in [2.24, 2.45) is 5.10 Å². The Morgan fingerprint density at radius 2 is 1.81 bits per heavy atom. The Hall–Kier alpha value is -0.650. The van der Waals surface area contributed by atoms with E-state index in [0.717, 1.165) is 12.8 Å². The maximum Gasteiger partial charge on any atom is 0.108 e. The Balaban J connectivity index is 2.14. The lowest BCUT2D eigenvalue weighted by Crippen LogP contribution is -2.57. The van der Waals surface area contributed by atoms with Gasteiger partial charge in [0.1, 0.15) is 6.10 Å². The van der Waals surface area contributed by atoms with Gasteiger partial charge in [0.05, 0.1) is 23.8 Å². The normalized spacial score (nSPS) is 41.9. The van der Waals surface area contributed by atoms with Gasteiger partial charge in [0, 0.05) is 19.6 Å². The maximum atomic E-state index is 10.4. The number of hydrogen-bond acceptors (Lipinski definition) is 5. The second kappa shape index (κ2) is 3.98. The van der Waals surface area contributed by atoms with Gasteiger partial charge in [-0.1, -0.05) is 0 Å². The summed E-state index contributed by atoms with van der Waals surface area (Å²) in [5.74, 6) is 0. The molecular formula is C11H20N2O3. The van der Waals surface area contributed by atoms with Crippen LogP contribution in [0.25, 0.3) is 0 Å². The van der Waals surface area contributed by atoms with Crippen LogP contribution < -0.4 is 0 Å². The Labute approximate surface area is 95.4 Å². The molecule has 5 nitrogen and oxygen atoms in total. The molecule has 3 N–H and O–H groups in total. The molecule has 0 aromatic rings. The number of piperidine rings is 1. The average molecular weight is 228 g/mol. The van der Waals surface area contributed by atoms with Gasteiger partial charge in [-0.2, -0.15) is 5.10 Å². The number of aliphatic hydroxyl groups excluding tert-OH is 2. The molecule has 2 fully saturated rings. The van der Waals surface area contributed by atoms with Gasteiger partial charge in [0.2, 0.25) is 0 Å². The minimum Gasteiger partial charge on any atom is -0.391 e. The van der Waals surface area contributed by atoms with Crippen molar-refractivity contribution in [2.45, 2.75) is 62.5 Å². The van der Waals surface area contributed by atoms with Crippen LogP contribution in [0, 0.1) is 0 Å². The highest BCUT2D eigenvalue weighted by Crippen LogP contribution is 2.42. The topological polar surface area (TPSA) is 76.3 Å². The van der Waals surface area contributed by atoms with Gasteiger partial charge in [0.15, 0.2) is 0 Å². The van der Waals surface area contributed by atoms with Crippen LogP contribution in [-0.4, -0.2) is 56.9 Å². The average Bonchev–Trinajstić information content (AvgIpc) is 2.49. The molecule has 5 heteroatoms. The predicted molar refractivity (Wildman–Crippen MR) is 60.1 cm³/mol. The fraction of sp³-hybridized carbons (Fsp3) is 0.909. The maximum absolute atomic E-state index is 10.4. The quantitative estimate of drug-likeness (QED) is 0.580. The van der Waals surface area contributed by atoms with E-state index in [2.05, 4.69) is 11.8 Å². The molecule has 0 spiro atoms. The van der Waals surface area contributed by atoms with Crippen molar-refractivity contribution in [1.29, 1.82) is 0 Å². The first-order chi connectivity index (χ1) is 7.48. The lowest BCUT2D eigenvalue weighted by Gasteiger charge is -2.45. The Kier molecular flexibility index (Phi) is 2.94. The van der Waals surface area contributed by atoms with Gasteiger partial charge in [-0.05, 0) is 19.8 Å².